The lowest BCUT2D eigenvalue weighted by molar-refractivity contribution is 0.247. The van der Waals surface area contributed by atoms with Crippen LogP contribution in [0.5, 0.6) is 0 Å². The fourth-order valence-corrected chi connectivity index (χ4v) is 8.19. The van der Waals surface area contributed by atoms with Gasteiger partial charge in [0.25, 0.3) is 0 Å². The predicted molar refractivity (Wildman–Crippen MR) is 200 cm³/mol. The average Bonchev–Trinajstić information content (AvgIpc) is 3.70. The van der Waals surface area contributed by atoms with Crippen LogP contribution in [0.3, 0.4) is 0 Å². The summed E-state index contributed by atoms with van der Waals surface area (Å²) in [6.45, 7) is 8.40. The minimum Gasteiger partial charge on any atom is -0.338 e. The maximum atomic E-state index is 13.8. The predicted octanol–water partition coefficient (Wildman–Crippen LogP) is 8.89. The minimum atomic E-state index is -3.82. The molecule has 1 aliphatic heterocycles. The van der Waals surface area contributed by atoms with Crippen molar-refractivity contribution in [2.75, 3.05) is 7.05 Å². The molecule has 4 rings (SSSR count). The van der Waals surface area contributed by atoms with Gasteiger partial charge in [0.05, 0.1) is 16.4 Å². The highest BCUT2D eigenvalue weighted by Gasteiger charge is 2.34. The van der Waals surface area contributed by atoms with Crippen molar-refractivity contribution in [3.8, 4) is 0 Å². The topological polar surface area (TPSA) is 114 Å². The van der Waals surface area contributed by atoms with E-state index in [4.69, 9.17) is 14.5 Å². The van der Waals surface area contributed by atoms with Crippen LogP contribution in [-0.4, -0.2) is 40.6 Å². The van der Waals surface area contributed by atoms with Crippen LogP contribution in [0.4, 0.5) is 0 Å². The van der Waals surface area contributed by atoms with Gasteiger partial charge in [-0.2, -0.15) is 9.29 Å². The Kier molecular flexibility index (Phi) is 16.0. The molecule has 2 unspecified atom stereocenters. The number of sulfonamides is 1. The number of rotatable bonds is 25. The molecule has 0 saturated heterocycles. The second-order valence-corrected chi connectivity index (χ2v) is 16.9. The molecule has 3 heterocycles. The molecular weight excluding hydrogens is 645 g/mol. The summed E-state index contributed by atoms with van der Waals surface area (Å²) in [7, 11) is -2.21. The van der Waals surface area contributed by atoms with Crippen LogP contribution in [0.1, 0.15) is 160 Å². The van der Waals surface area contributed by atoms with Crippen LogP contribution in [0.2, 0.25) is 0 Å². The summed E-state index contributed by atoms with van der Waals surface area (Å²) in [5.41, 5.74) is 0.309. The van der Waals surface area contributed by atoms with Gasteiger partial charge in [-0.25, -0.2) is 8.42 Å². The van der Waals surface area contributed by atoms with Gasteiger partial charge in [-0.1, -0.05) is 134 Å². The number of hydrogen-bond acceptors (Lipinski definition) is 8. The van der Waals surface area contributed by atoms with Crippen LogP contribution in [-0.2, 0) is 22.9 Å². The van der Waals surface area contributed by atoms with Crippen molar-refractivity contribution in [3.63, 3.8) is 0 Å². The first-order valence-electron chi connectivity index (χ1n) is 19.4. The first kappa shape index (κ1) is 39.8. The van der Waals surface area contributed by atoms with E-state index in [1.807, 2.05) is 25.1 Å². The van der Waals surface area contributed by atoms with E-state index in [2.05, 4.69) is 35.9 Å². The van der Waals surface area contributed by atoms with Crippen molar-refractivity contribution < 1.29 is 12.9 Å². The Morgan fingerprint density at radius 3 is 1.90 bits per heavy atom. The molecule has 0 aliphatic carbocycles. The normalized spacial score (nSPS) is 16.5. The molecule has 0 spiro atoms. The van der Waals surface area contributed by atoms with E-state index in [0.717, 1.165) is 35.5 Å². The lowest BCUT2D eigenvalue weighted by Gasteiger charge is -2.26. The zero-order chi connectivity index (χ0) is 35.8. The van der Waals surface area contributed by atoms with Crippen molar-refractivity contribution in [2.24, 2.45) is 15.9 Å². The number of hydrogen-bond donors (Lipinski definition) is 0. The van der Waals surface area contributed by atoms with Crippen molar-refractivity contribution in [3.05, 3.63) is 70.7 Å². The molecule has 10 heteroatoms. The molecule has 0 radical (unpaired) electrons. The molecule has 0 bridgehead atoms. The van der Waals surface area contributed by atoms with Crippen molar-refractivity contribution in [1.82, 2.24) is 19.4 Å². The molecule has 2 atom stereocenters. The highest BCUT2D eigenvalue weighted by Crippen LogP contribution is 2.31. The molecule has 9 nitrogen and oxygen atoms in total. The molecule has 1 aliphatic rings. The summed E-state index contributed by atoms with van der Waals surface area (Å²) in [6, 6.07) is 8.33. The minimum absolute atomic E-state index is 0.225. The first-order valence-corrected chi connectivity index (χ1v) is 20.8. The number of fused-ring (bicyclic) bond motifs is 1. The molecule has 0 N–H and O–H groups in total. The molecular formula is C40H62N6O3S. The van der Waals surface area contributed by atoms with Gasteiger partial charge >= 0.3 is 0 Å². The number of nitrogens with zero attached hydrogens (tertiary/aromatic N) is 6. The number of aromatic nitrogens is 3. The molecule has 0 saturated carbocycles. The van der Waals surface area contributed by atoms with Crippen LogP contribution in [0.25, 0.3) is 0 Å². The molecule has 0 fully saturated rings. The summed E-state index contributed by atoms with van der Waals surface area (Å²) in [5.74, 6) is 1.25. The molecule has 276 valence electrons. The molecule has 0 amide bonds. The van der Waals surface area contributed by atoms with E-state index < -0.39 is 21.7 Å². The van der Waals surface area contributed by atoms with Gasteiger partial charge in [0, 0.05) is 26.1 Å². The maximum absolute atomic E-state index is 13.8. The third kappa shape index (κ3) is 12.4. The quantitative estimate of drug-likeness (QED) is 0.0814. The Balaban J connectivity index is 1.20. The molecule has 50 heavy (non-hydrogen) atoms. The third-order valence-electron chi connectivity index (χ3n) is 9.80. The molecule has 3 aromatic rings. The van der Waals surface area contributed by atoms with Crippen molar-refractivity contribution >= 4 is 10.0 Å². The number of aryl methyl sites for hydroxylation is 1. The van der Waals surface area contributed by atoms with Gasteiger partial charge in [0.1, 0.15) is 11.4 Å². The fraction of sp³-hybridized carbons (Fsp3) is 0.675. The van der Waals surface area contributed by atoms with Gasteiger partial charge in [-0.15, -0.1) is 0 Å². The average molecular weight is 707 g/mol. The Hall–Kier alpha value is -2.98. The van der Waals surface area contributed by atoms with E-state index >= 15 is 0 Å². The van der Waals surface area contributed by atoms with Crippen LogP contribution < -0.4 is 10.7 Å². The fourth-order valence-electron chi connectivity index (χ4n) is 6.87. The van der Waals surface area contributed by atoms with Gasteiger partial charge in [0.2, 0.25) is 15.9 Å². The second kappa shape index (κ2) is 20.2. The van der Waals surface area contributed by atoms with Gasteiger partial charge in [-0.3, -0.25) is 15.0 Å². The van der Waals surface area contributed by atoms with E-state index in [1.165, 1.54) is 94.2 Å². The zero-order valence-electron chi connectivity index (χ0n) is 31.4. The van der Waals surface area contributed by atoms with Gasteiger partial charge in [-0.05, 0) is 49.4 Å². The van der Waals surface area contributed by atoms with Crippen LogP contribution in [0, 0.1) is 5.92 Å². The zero-order valence-corrected chi connectivity index (χ0v) is 32.3. The third-order valence-corrected chi connectivity index (χ3v) is 11.7. The summed E-state index contributed by atoms with van der Waals surface area (Å²) >= 11 is 0. The monoisotopic (exact) mass is 706 g/mol. The van der Waals surface area contributed by atoms with Gasteiger partial charge < -0.3 is 4.52 Å². The summed E-state index contributed by atoms with van der Waals surface area (Å²) in [6.07, 6.45) is 26.6. The largest absolute Gasteiger partial charge is 0.338 e. The SMILES string of the molecule is CCCCCCCCCCCCCCCCCCc1noc(C(CC(C)C)N(C)S(=O)(=O)c2ccc(CC3(C)N=c4ccncc4=N3)cc2)n1. The van der Waals surface area contributed by atoms with Crippen molar-refractivity contribution in [1.29, 1.82) is 0 Å². The Labute approximate surface area is 301 Å². The molecule has 2 aromatic heterocycles. The Morgan fingerprint density at radius 1 is 0.780 bits per heavy atom. The lowest BCUT2D eigenvalue weighted by Crippen LogP contribution is -2.32. The van der Waals surface area contributed by atoms with E-state index in [9.17, 15) is 8.42 Å². The van der Waals surface area contributed by atoms with Gasteiger partial charge in [0.15, 0.2) is 11.5 Å². The van der Waals surface area contributed by atoms with Crippen LogP contribution in [0.15, 0.2) is 62.1 Å². The summed E-state index contributed by atoms with van der Waals surface area (Å²) < 4.78 is 34.8. The van der Waals surface area contributed by atoms with Crippen molar-refractivity contribution in [2.45, 2.75) is 166 Å². The summed E-state index contributed by atoms with van der Waals surface area (Å²) in [4.78, 5) is 18.6. The molecule has 1 aromatic carbocycles. The Bertz CT molecular complexity index is 1620. The van der Waals surface area contributed by atoms with E-state index in [-0.39, 0.29) is 10.8 Å². The first-order chi connectivity index (χ1) is 24.1. The highest BCUT2D eigenvalue weighted by molar-refractivity contribution is 7.89. The number of benzene rings is 1. The number of pyridine rings is 1. The Morgan fingerprint density at radius 2 is 1.34 bits per heavy atom. The standard InChI is InChI=1S/C40H62N6O3S/c1-6-7-8-9-10-11-12-13-14-15-16-17-18-19-20-21-22-38-42-39(49-45-38)37(29-32(2)3)46(5)50(47,48)34-25-23-33(24-26-34)30-40(4)43-35-27-28-41-31-36(35)44-40/h23-28,31-32,37H,6-22,29-30H2,1-5H3. The second-order valence-electron chi connectivity index (χ2n) is 14.9. The highest BCUT2D eigenvalue weighted by atomic mass is 32.2. The van der Waals surface area contributed by atoms with E-state index in [0.29, 0.717) is 24.6 Å². The van der Waals surface area contributed by atoms with Crippen LogP contribution >= 0.6 is 0 Å². The maximum Gasteiger partial charge on any atom is 0.245 e. The summed E-state index contributed by atoms with van der Waals surface area (Å²) in [5, 5.41) is 5.85. The lowest BCUT2D eigenvalue weighted by atomic mass is 10.0. The smallest absolute Gasteiger partial charge is 0.245 e. The van der Waals surface area contributed by atoms with E-state index in [1.54, 1.807) is 31.6 Å². The number of unbranched alkanes of at least 4 members (excludes halogenated alkanes) is 15.